The molecule has 2 N–H and O–H groups in total. The Balaban J connectivity index is 1.88. The predicted octanol–water partition coefficient (Wildman–Crippen LogP) is 2.71. The third-order valence-corrected chi connectivity index (χ3v) is 4.36. The summed E-state index contributed by atoms with van der Waals surface area (Å²) in [4.78, 5) is 14.5. The number of alkyl halides is 2. The molecule has 0 saturated carbocycles. The molecule has 2 atom stereocenters. The number of rotatable bonds is 7. The van der Waals surface area contributed by atoms with Gasteiger partial charge in [-0.3, -0.25) is 9.69 Å². The highest BCUT2D eigenvalue weighted by atomic mass is 19.3. The fourth-order valence-corrected chi connectivity index (χ4v) is 3.00. The number of ether oxygens (including phenoxy) is 1. The molecule has 0 aliphatic carbocycles. The molecule has 5 nitrogen and oxygen atoms in total. The van der Waals surface area contributed by atoms with Crippen molar-refractivity contribution >= 4 is 11.6 Å². The largest absolute Gasteiger partial charge is 0.435 e. The van der Waals surface area contributed by atoms with Gasteiger partial charge in [0.05, 0.1) is 6.04 Å². The summed E-state index contributed by atoms with van der Waals surface area (Å²) in [6.45, 7) is 0.821. The van der Waals surface area contributed by atoms with Gasteiger partial charge in [0.25, 0.3) is 0 Å². The Morgan fingerprint density at radius 3 is 2.75 bits per heavy atom. The molecule has 134 valence electrons. The number of amides is 1. The average molecular weight is 342 g/mol. The number of piperidine rings is 1. The zero-order valence-corrected chi connectivity index (χ0v) is 13.8. The molecule has 1 aromatic carbocycles. The lowest BCUT2D eigenvalue weighted by atomic mass is 9.94. The van der Waals surface area contributed by atoms with Crippen LogP contribution in [0.4, 0.5) is 14.5 Å². The molecular formula is C17H24F2N2O3. The second-order valence-corrected chi connectivity index (χ2v) is 6.08. The summed E-state index contributed by atoms with van der Waals surface area (Å²) < 4.78 is 28.5. The number of likely N-dealkylation sites (tertiary alicyclic amines) is 1. The molecule has 0 radical (unpaired) electrons. The molecule has 0 aromatic heterocycles. The third-order valence-electron chi connectivity index (χ3n) is 4.36. The molecule has 1 aliphatic rings. The lowest BCUT2D eigenvalue weighted by Crippen LogP contribution is -2.47. The highest BCUT2D eigenvalue weighted by molar-refractivity contribution is 5.94. The zero-order chi connectivity index (χ0) is 17.5. The van der Waals surface area contributed by atoms with E-state index < -0.39 is 6.61 Å². The molecule has 1 saturated heterocycles. The van der Waals surface area contributed by atoms with E-state index in [1.54, 1.807) is 0 Å². The van der Waals surface area contributed by atoms with Crippen LogP contribution in [0.25, 0.3) is 0 Å². The van der Waals surface area contributed by atoms with Crippen LogP contribution in [-0.2, 0) is 4.79 Å². The van der Waals surface area contributed by atoms with Gasteiger partial charge in [-0.25, -0.2) is 0 Å². The van der Waals surface area contributed by atoms with E-state index in [-0.39, 0.29) is 24.3 Å². The standard InChI is InChI=1S/C17H24F2N2O3/c1-12(21-9-2-3-13(11-21)8-10-22)16(23)20-14-4-6-15(7-5-14)24-17(18)19/h4-7,12-13,17,22H,2-3,8-11H2,1H3,(H,20,23)/t12-,13-/m0/s1. The molecule has 1 heterocycles. The van der Waals surface area contributed by atoms with Crippen molar-refractivity contribution in [3.63, 3.8) is 0 Å². The number of nitrogens with one attached hydrogen (secondary N) is 1. The minimum atomic E-state index is -2.86. The summed E-state index contributed by atoms with van der Waals surface area (Å²) in [7, 11) is 0. The fraction of sp³-hybridized carbons (Fsp3) is 0.588. The van der Waals surface area contributed by atoms with Gasteiger partial charge in [-0.15, -0.1) is 0 Å². The third kappa shape index (κ3) is 5.42. The Kier molecular flexibility index (Phi) is 6.93. The molecule has 0 unspecified atom stereocenters. The second-order valence-electron chi connectivity index (χ2n) is 6.08. The van der Waals surface area contributed by atoms with E-state index in [2.05, 4.69) is 15.0 Å². The lowest BCUT2D eigenvalue weighted by Gasteiger charge is -2.36. The van der Waals surface area contributed by atoms with E-state index in [9.17, 15) is 13.6 Å². The maximum atomic E-state index is 12.4. The molecule has 1 amide bonds. The molecule has 7 heteroatoms. The van der Waals surface area contributed by atoms with E-state index in [0.29, 0.717) is 11.6 Å². The smallest absolute Gasteiger partial charge is 0.387 e. The van der Waals surface area contributed by atoms with Crippen LogP contribution in [0.15, 0.2) is 24.3 Å². The van der Waals surface area contributed by atoms with Crippen LogP contribution in [0, 0.1) is 5.92 Å². The minimum Gasteiger partial charge on any atom is -0.435 e. The monoisotopic (exact) mass is 342 g/mol. The van der Waals surface area contributed by atoms with E-state index >= 15 is 0 Å². The number of carbonyl (C=O) groups excluding carboxylic acids is 1. The van der Waals surface area contributed by atoms with Gasteiger partial charge in [-0.2, -0.15) is 8.78 Å². The van der Waals surface area contributed by atoms with Gasteiger partial charge in [0, 0.05) is 18.8 Å². The number of halogens is 2. The van der Waals surface area contributed by atoms with Crippen LogP contribution in [-0.4, -0.2) is 48.3 Å². The summed E-state index contributed by atoms with van der Waals surface area (Å²) in [6.07, 6.45) is 2.86. The van der Waals surface area contributed by atoms with Crippen molar-refractivity contribution in [3.05, 3.63) is 24.3 Å². The van der Waals surface area contributed by atoms with Gasteiger partial charge in [-0.1, -0.05) is 0 Å². The second kappa shape index (κ2) is 8.94. The van der Waals surface area contributed by atoms with Crippen LogP contribution >= 0.6 is 0 Å². The number of aliphatic hydroxyl groups excluding tert-OH is 1. The Hall–Kier alpha value is -1.73. The Bertz CT molecular complexity index is 523. The SMILES string of the molecule is C[C@@H](C(=O)Nc1ccc(OC(F)F)cc1)N1CCC[C@@H](CCO)C1. The molecule has 1 fully saturated rings. The number of nitrogens with zero attached hydrogens (tertiary/aromatic N) is 1. The van der Waals surface area contributed by atoms with Crippen LogP contribution in [0.3, 0.4) is 0 Å². The van der Waals surface area contributed by atoms with Crippen molar-refractivity contribution in [1.29, 1.82) is 0 Å². The van der Waals surface area contributed by atoms with E-state index in [1.807, 2.05) is 6.92 Å². The number of carbonyl (C=O) groups is 1. The van der Waals surface area contributed by atoms with Gasteiger partial charge in [0.1, 0.15) is 5.75 Å². The number of hydrogen-bond donors (Lipinski definition) is 2. The van der Waals surface area contributed by atoms with Crippen LogP contribution < -0.4 is 10.1 Å². The number of aliphatic hydroxyl groups is 1. The fourth-order valence-electron chi connectivity index (χ4n) is 3.00. The minimum absolute atomic E-state index is 0.0546. The quantitative estimate of drug-likeness (QED) is 0.800. The first-order chi connectivity index (χ1) is 11.5. The Labute approximate surface area is 140 Å². The first-order valence-corrected chi connectivity index (χ1v) is 8.20. The molecule has 1 aromatic rings. The molecular weight excluding hydrogens is 318 g/mol. The van der Waals surface area contributed by atoms with Gasteiger partial charge in [0.15, 0.2) is 0 Å². The number of anilines is 1. The topological polar surface area (TPSA) is 61.8 Å². The summed E-state index contributed by atoms with van der Waals surface area (Å²) in [5.41, 5.74) is 0.539. The van der Waals surface area contributed by atoms with Gasteiger partial charge in [0.2, 0.25) is 5.91 Å². The normalized spacial score (nSPS) is 20.0. The first kappa shape index (κ1) is 18.6. The zero-order valence-electron chi connectivity index (χ0n) is 13.8. The van der Waals surface area contributed by atoms with E-state index in [0.717, 1.165) is 32.4 Å². The van der Waals surface area contributed by atoms with Crippen molar-refractivity contribution in [1.82, 2.24) is 4.90 Å². The Morgan fingerprint density at radius 2 is 2.12 bits per heavy atom. The molecule has 1 aliphatic heterocycles. The van der Waals surface area contributed by atoms with E-state index in [4.69, 9.17) is 5.11 Å². The maximum absolute atomic E-state index is 12.4. The van der Waals surface area contributed by atoms with Gasteiger partial charge in [-0.05, 0) is 62.9 Å². The number of hydrogen-bond acceptors (Lipinski definition) is 4. The average Bonchev–Trinajstić information content (AvgIpc) is 2.56. The summed E-state index contributed by atoms with van der Waals surface area (Å²) in [6, 6.07) is 5.57. The summed E-state index contributed by atoms with van der Waals surface area (Å²) >= 11 is 0. The van der Waals surface area contributed by atoms with Crippen molar-refractivity contribution in [2.24, 2.45) is 5.92 Å². The van der Waals surface area contributed by atoms with Gasteiger partial charge >= 0.3 is 6.61 Å². The van der Waals surface area contributed by atoms with Crippen LogP contribution in [0.2, 0.25) is 0 Å². The highest BCUT2D eigenvalue weighted by Gasteiger charge is 2.27. The molecule has 24 heavy (non-hydrogen) atoms. The first-order valence-electron chi connectivity index (χ1n) is 8.20. The predicted molar refractivity (Wildman–Crippen MR) is 87.2 cm³/mol. The van der Waals surface area contributed by atoms with Crippen molar-refractivity contribution in [2.45, 2.75) is 38.8 Å². The van der Waals surface area contributed by atoms with Crippen molar-refractivity contribution < 1.29 is 23.4 Å². The molecule has 0 spiro atoms. The van der Waals surface area contributed by atoms with E-state index in [1.165, 1.54) is 24.3 Å². The summed E-state index contributed by atoms with van der Waals surface area (Å²) in [5.74, 6) is 0.339. The summed E-state index contributed by atoms with van der Waals surface area (Å²) in [5, 5.41) is 11.9. The molecule has 2 rings (SSSR count). The molecule has 0 bridgehead atoms. The highest BCUT2D eigenvalue weighted by Crippen LogP contribution is 2.22. The maximum Gasteiger partial charge on any atom is 0.387 e. The lowest BCUT2D eigenvalue weighted by molar-refractivity contribution is -0.121. The van der Waals surface area contributed by atoms with Crippen LogP contribution in [0.1, 0.15) is 26.2 Å². The van der Waals surface area contributed by atoms with Gasteiger partial charge < -0.3 is 15.2 Å². The van der Waals surface area contributed by atoms with Crippen LogP contribution in [0.5, 0.6) is 5.75 Å². The Morgan fingerprint density at radius 1 is 1.42 bits per heavy atom. The van der Waals surface area contributed by atoms with Crippen molar-refractivity contribution in [2.75, 3.05) is 25.0 Å². The number of benzene rings is 1. The van der Waals surface area contributed by atoms with Crippen molar-refractivity contribution in [3.8, 4) is 5.75 Å².